The van der Waals surface area contributed by atoms with E-state index < -0.39 is 16.5 Å². The van der Waals surface area contributed by atoms with Gasteiger partial charge in [0.05, 0.1) is 10.5 Å². The van der Waals surface area contributed by atoms with Crippen LogP contribution in [0.4, 0.5) is 5.69 Å². The van der Waals surface area contributed by atoms with Gasteiger partial charge in [-0.1, -0.05) is 41.9 Å². The lowest BCUT2D eigenvalue weighted by Gasteiger charge is -2.36. The fraction of sp³-hybridized carbons (Fsp3) is 0.438. The average Bonchev–Trinajstić information content (AvgIpc) is 3.22. The van der Waals surface area contributed by atoms with Crippen molar-refractivity contribution in [1.82, 2.24) is 14.4 Å². The van der Waals surface area contributed by atoms with Crippen LogP contribution in [-0.2, 0) is 11.2 Å². The van der Waals surface area contributed by atoms with Gasteiger partial charge >= 0.3 is 0 Å². The smallest absolute Gasteiger partial charge is 0.277 e. The quantitative estimate of drug-likeness (QED) is 0.272. The molecule has 216 valence electrons. The third-order valence-corrected chi connectivity index (χ3v) is 8.84. The number of pyridine rings is 1. The number of carbonyl (C=O) groups is 1. The summed E-state index contributed by atoms with van der Waals surface area (Å²) in [7, 11) is 0. The maximum absolute atomic E-state index is 14.2. The molecule has 0 N–H and O–H groups in total. The number of benzene rings is 2. The van der Waals surface area contributed by atoms with Crippen LogP contribution in [0.25, 0.3) is 11.1 Å². The monoisotopic (exact) mass is 576 g/mol. The molecule has 0 spiro atoms. The summed E-state index contributed by atoms with van der Waals surface area (Å²) in [5, 5.41) is 12.0. The van der Waals surface area contributed by atoms with Crippen LogP contribution in [0.1, 0.15) is 45.2 Å². The fourth-order valence-corrected chi connectivity index (χ4v) is 6.52. The van der Waals surface area contributed by atoms with Gasteiger partial charge in [0, 0.05) is 54.9 Å². The Labute approximate surface area is 245 Å². The van der Waals surface area contributed by atoms with Gasteiger partial charge in [-0.3, -0.25) is 24.6 Å². The lowest BCUT2D eigenvalue weighted by molar-refractivity contribution is -0.384. The number of fused-ring (bicyclic) bond motifs is 1. The van der Waals surface area contributed by atoms with Crippen molar-refractivity contribution in [1.29, 1.82) is 0 Å². The van der Waals surface area contributed by atoms with Gasteiger partial charge in [0.2, 0.25) is 5.91 Å². The molecule has 5 rings (SSSR count). The van der Waals surface area contributed by atoms with Crippen LogP contribution >= 0.6 is 11.6 Å². The summed E-state index contributed by atoms with van der Waals surface area (Å²) in [5.74, 6) is 0.791. The molecule has 2 saturated heterocycles. The minimum Gasteiger partial charge on any atom is -0.340 e. The van der Waals surface area contributed by atoms with E-state index in [0.29, 0.717) is 41.9 Å². The zero-order valence-electron chi connectivity index (χ0n) is 23.8. The first-order chi connectivity index (χ1) is 19.5. The molecule has 2 fully saturated rings. The van der Waals surface area contributed by atoms with E-state index in [2.05, 4.69) is 25.7 Å². The molecule has 9 heteroatoms. The van der Waals surface area contributed by atoms with Crippen molar-refractivity contribution in [3.8, 4) is 11.1 Å². The van der Waals surface area contributed by atoms with Gasteiger partial charge in [0.15, 0.2) is 0 Å². The number of amides is 1. The van der Waals surface area contributed by atoms with Gasteiger partial charge < -0.3 is 9.47 Å². The minimum atomic E-state index is -0.727. The predicted molar refractivity (Wildman–Crippen MR) is 161 cm³/mol. The maximum atomic E-state index is 14.2. The molecule has 3 atom stereocenters. The molecular weight excluding hydrogens is 540 g/mol. The van der Waals surface area contributed by atoms with E-state index in [9.17, 15) is 19.7 Å². The standard InChI is InChI=1S/C32H37ClN4O4/c1-32(2,3)35-14-7-10-24-19-34(20-25(24)21-35)31(39)29(16-22-8-5-4-6-9-22)36-15-13-23(17-30(36)38)27-18-26(33)11-12-28(27)37(40)41/h4-6,8-9,11-13,15,17-18,24-25,29H,7,10,14,16,19-21H2,1-3H3. The third kappa shape index (κ3) is 6.39. The number of hydrogen-bond donors (Lipinski definition) is 0. The van der Waals surface area contributed by atoms with Crippen LogP contribution in [0.3, 0.4) is 0 Å². The Morgan fingerprint density at radius 2 is 1.78 bits per heavy atom. The predicted octanol–water partition coefficient (Wildman–Crippen LogP) is 5.83. The van der Waals surface area contributed by atoms with Crippen molar-refractivity contribution in [3.05, 3.63) is 97.9 Å². The Bertz CT molecular complexity index is 1480. The van der Waals surface area contributed by atoms with Crippen molar-refractivity contribution >= 4 is 23.2 Å². The molecular formula is C32H37ClN4O4. The summed E-state index contributed by atoms with van der Waals surface area (Å²) in [6, 6.07) is 16.3. The summed E-state index contributed by atoms with van der Waals surface area (Å²) in [6.45, 7) is 10.2. The highest BCUT2D eigenvalue weighted by molar-refractivity contribution is 6.31. The Hall–Kier alpha value is -3.49. The number of aromatic nitrogens is 1. The number of nitro groups is 1. The number of nitro benzene ring substituents is 1. The summed E-state index contributed by atoms with van der Waals surface area (Å²) in [5.41, 5.74) is 1.16. The van der Waals surface area contributed by atoms with E-state index in [0.717, 1.165) is 31.5 Å². The lowest BCUT2D eigenvalue weighted by atomic mass is 9.92. The highest BCUT2D eigenvalue weighted by Crippen LogP contribution is 2.35. The van der Waals surface area contributed by atoms with Crippen molar-refractivity contribution in [2.75, 3.05) is 26.2 Å². The largest absolute Gasteiger partial charge is 0.340 e. The molecule has 1 aromatic heterocycles. The minimum absolute atomic E-state index is 0.0622. The Morgan fingerprint density at radius 1 is 1.05 bits per heavy atom. The molecule has 41 heavy (non-hydrogen) atoms. The zero-order valence-corrected chi connectivity index (χ0v) is 24.6. The summed E-state index contributed by atoms with van der Waals surface area (Å²) >= 11 is 6.13. The van der Waals surface area contributed by atoms with Crippen LogP contribution in [0.15, 0.2) is 71.7 Å². The Balaban J connectivity index is 1.46. The van der Waals surface area contributed by atoms with Gasteiger partial charge in [0.1, 0.15) is 6.04 Å². The molecule has 0 radical (unpaired) electrons. The van der Waals surface area contributed by atoms with Crippen molar-refractivity contribution in [2.45, 2.75) is 51.6 Å². The fourth-order valence-electron chi connectivity index (χ4n) is 6.35. The molecule has 0 bridgehead atoms. The normalized spacial score (nSPS) is 20.3. The number of rotatable bonds is 6. The van der Waals surface area contributed by atoms with E-state index in [1.807, 2.05) is 35.2 Å². The van der Waals surface area contributed by atoms with E-state index in [1.165, 1.54) is 28.8 Å². The SMILES string of the molecule is CC(C)(C)N1CCCC2CN(C(=O)C(Cc3ccccc3)n3ccc(-c4cc(Cl)ccc4[N+](=O)[O-])cc3=O)CC2C1. The lowest BCUT2D eigenvalue weighted by Crippen LogP contribution is -2.45. The van der Waals surface area contributed by atoms with Crippen LogP contribution in [0.5, 0.6) is 0 Å². The van der Waals surface area contributed by atoms with Crippen molar-refractivity contribution < 1.29 is 9.72 Å². The molecule has 3 unspecified atom stereocenters. The first-order valence-electron chi connectivity index (χ1n) is 14.3. The number of carbonyl (C=O) groups excluding carboxylic acids is 1. The van der Waals surface area contributed by atoms with Crippen LogP contribution in [-0.4, -0.2) is 56.9 Å². The van der Waals surface area contributed by atoms with E-state index in [4.69, 9.17) is 11.6 Å². The molecule has 2 aromatic carbocycles. The van der Waals surface area contributed by atoms with Gasteiger partial charge in [-0.2, -0.15) is 0 Å². The van der Waals surface area contributed by atoms with Gasteiger partial charge in [-0.25, -0.2) is 0 Å². The maximum Gasteiger partial charge on any atom is 0.277 e. The van der Waals surface area contributed by atoms with Crippen molar-refractivity contribution in [3.63, 3.8) is 0 Å². The molecule has 3 heterocycles. The Kier molecular flexibility index (Phi) is 8.34. The molecule has 3 aromatic rings. The second-order valence-corrected chi connectivity index (χ2v) is 12.7. The summed E-state index contributed by atoms with van der Waals surface area (Å²) < 4.78 is 1.48. The van der Waals surface area contributed by atoms with Crippen molar-refractivity contribution in [2.24, 2.45) is 11.8 Å². The van der Waals surface area contributed by atoms with Gasteiger partial charge in [0.25, 0.3) is 11.2 Å². The average molecular weight is 577 g/mol. The zero-order chi connectivity index (χ0) is 29.3. The number of halogens is 1. The van der Waals surface area contributed by atoms with E-state index in [1.54, 1.807) is 12.3 Å². The molecule has 8 nitrogen and oxygen atoms in total. The Morgan fingerprint density at radius 3 is 2.46 bits per heavy atom. The van der Waals surface area contributed by atoms with E-state index >= 15 is 0 Å². The summed E-state index contributed by atoms with van der Waals surface area (Å²) in [6.07, 6.45) is 4.17. The highest BCUT2D eigenvalue weighted by Gasteiger charge is 2.41. The van der Waals surface area contributed by atoms with Gasteiger partial charge in [-0.05, 0) is 81.3 Å². The second kappa shape index (κ2) is 11.8. The molecule has 2 aliphatic rings. The van der Waals surface area contributed by atoms with Crippen LogP contribution in [0, 0.1) is 22.0 Å². The molecule has 2 aliphatic heterocycles. The first kappa shape index (κ1) is 29.0. The molecule has 0 saturated carbocycles. The topological polar surface area (TPSA) is 88.7 Å². The first-order valence-corrected chi connectivity index (χ1v) is 14.6. The number of hydrogen-bond acceptors (Lipinski definition) is 5. The highest BCUT2D eigenvalue weighted by atomic mass is 35.5. The number of likely N-dealkylation sites (tertiary alicyclic amines) is 2. The van der Waals surface area contributed by atoms with Crippen LogP contribution in [0.2, 0.25) is 5.02 Å². The molecule has 1 amide bonds. The molecule has 0 aliphatic carbocycles. The second-order valence-electron chi connectivity index (χ2n) is 12.3. The number of nitrogens with zero attached hydrogens (tertiary/aromatic N) is 4. The third-order valence-electron chi connectivity index (χ3n) is 8.60. The summed E-state index contributed by atoms with van der Waals surface area (Å²) in [4.78, 5) is 43.4. The van der Waals surface area contributed by atoms with E-state index in [-0.39, 0.29) is 22.7 Å². The van der Waals surface area contributed by atoms with Gasteiger partial charge in [-0.15, -0.1) is 0 Å². The van der Waals surface area contributed by atoms with Crippen LogP contribution < -0.4 is 5.56 Å².